The second-order valence-electron chi connectivity index (χ2n) is 2.99. The van der Waals surface area contributed by atoms with Crippen molar-refractivity contribution in [2.45, 2.75) is 6.54 Å². The number of esters is 1. The summed E-state index contributed by atoms with van der Waals surface area (Å²) in [4.78, 5) is 10.9. The first kappa shape index (κ1) is 15.3. The van der Waals surface area contributed by atoms with Crippen molar-refractivity contribution < 1.29 is 36.3 Å². The number of aromatic nitrogens is 1. The SMILES string of the molecule is COC(=O)/C=C/c1ccc[n+](CC=NO)c1.[Br-]. The van der Waals surface area contributed by atoms with Crippen LogP contribution >= 0.6 is 0 Å². The minimum Gasteiger partial charge on any atom is -1.00 e. The zero-order chi connectivity index (χ0) is 11.8. The van der Waals surface area contributed by atoms with Crippen LogP contribution in [-0.4, -0.2) is 24.5 Å². The molecule has 5 nitrogen and oxygen atoms in total. The number of carbonyl (C=O) groups excluding carboxylic acids is 1. The van der Waals surface area contributed by atoms with Gasteiger partial charge >= 0.3 is 5.97 Å². The molecule has 1 aromatic heterocycles. The smallest absolute Gasteiger partial charge is 0.330 e. The molecule has 1 aromatic rings. The molecule has 0 amide bonds. The third kappa shape index (κ3) is 5.82. The lowest BCUT2D eigenvalue weighted by molar-refractivity contribution is -0.681. The summed E-state index contributed by atoms with van der Waals surface area (Å²) < 4.78 is 6.30. The fraction of sp³-hybridized carbons (Fsp3) is 0.182. The Morgan fingerprint density at radius 3 is 3.06 bits per heavy atom. The van der Waals surface area contributed by atoms with Crippen molar-refractivity contribution in [1.29, 1.82) is 0 Å². The van der Waals surface area contributed by atoms with Gasteiger partial charge in [0.25, 0.3) is 0 Å². The molecule has 1 rings (SSSR count). The Morgan fingerprint density at radius 1 is 1.65 bits per heavy atom. The van der Waals surface area contributed by atoms with Crippen LogP contribution in [0.5, 0.6) is 0 Å². The van der Waals surface area contributed by atoms with Crippen LogP contribution in [0.25, 0.3) is 6.08 Å². The summed E-state index contributed by atoms with van der Waals surface area (Å²) in [6.45, 7) is 0.469. The van der Waals surface area contributed by atoms with Crippen molar-refractivity contribution in [2.24, 2.45) is 5.16 Å². The Labute approximate surface area is 110 Å². The Balaban J connectivity index is 0.00000256. The summed E-state index contributed by atoms with van der Waals surface area (Å²) in [7, 11) is 1.33. The zero-order valence-electron chi connectivity index (χ0n) is 9.28. The van der Waals surface area contributed by atoms with E-state index in [9.17, 15) is 4.79 Å². The molecule has 0 unspecified atom stereocenters. The number of hydrogen-bond acceptors (Lipinski definition) is 4. The lowest BCUT2D eigenvalue weighted by atomic mass is 10.2. The quantitative estimate of drug-likeness (QED) is 0.169. The van der Waals surface area contributed by atoms with Gasteiger partial charge < -0.3 is 26.9 Å². The first-order valence-electron chi connectivity index (χ1n) is 4.67. The summed E-state index contributed by atoms with van der Waals surface area (Å²) in [6.07, 6.45) is 8.02. The second kappa shape index (κ2) is 8.46. The molecule has 1 N–H and O–H groups in total. The molecular formula is C11H13BrN2O3. The van der Waals surface area contributed by atoms with E-state index < -0.39 is 5.97 Å². The summed E-state index contributed by atoms with van der Waals surface area (Å²) in [5, 5.41) is 11.2. The predicted octanol–water partition coefficient (Wildman–Crippen LogP) is -2.38. The average Bonchev–Trinajstić information content (AvgIpc) is 2.34. The average molecular weight is 301 g/mol. The first-order valence-corrected chi connectivity index (χ1v) is 4.67. The highest BCUT2D eigenvalue weighted by Gasteiger charge is 1.99. The van der Waals surface area contributed by atoms with Gasteiger partial charge in [-0.25, -0.2) is 4.79 Å². The number of halogens is 1. The largest absolute Gasteiger partial charge is 1.00 e. The van der Waals surface area contributed by atoms with E-state index in [1.54, 1.807) is 6.08 Å². The Kier molecular flexibility index (Phi) is 7.62. The first-order chi connectivity index (χ1) is 7.76. The van der Waals surface area contributed by atoms with Gasteiger partial charge in [0.1, 0.15) is 6.21 Å². The Hall–Kier alpha value is -1.69. The molecule has 0 aromatic carbocycles. The van der Waals surface area contributed by atoms with Crippen molar-refractivity contribution in [1.82, 2.24) is 0 Å². The third-order valence-corrected chi connectivity index (χ3v) is 1.87. The summed E-state index contributed by atoms with van der Waals surface area (Å²) in [5.74, 6) is -0.396. The van der Waals surface area contributed by atoms with Crippen molar-refractivity contribution in [3.05, 3.63) is 36.2 Å². The maximum atomic E-state index is 10.9. The van der Waals surface area contributed by atoms with Gasteiger partial charge in [0, 0.05) is 17.7 Å². The van der Waals surface area contributed by atoms with Gasteiger partial charge in [-0.05, 0) is 12.1 Å². The van der Waals surface area contributed by atoms with E-state index in [0.717, 1.165) is 5.56 Å². The molecule has 17 heavy (non-hydrogen) atoms. The van der Waals surface area contributed by atoms with Gasteiger partial charge in [-0.2, -0.15) is 4.57 Å². The predicted molar refractivity (Wildman–Crippen MR) is 58.0 cm³/mol. The highest BCUT2D eigenvalue weighted by Crippen LogP contribution is 1.97. The molecule has 0 bridgehead atoms. The van der Waals surface area contributed by atoms with Crippen LogP contribution in [0, 0.1) is 0 Å². The molecule has 0 aliphatic carbocycles. The van der Waals surface area contributed by atoms with E-state index in [-0.39, 0.29) is 17.0 Å². The molecule has 6 heteroatoms. The number of nitrogens with zero attached hydrogens (tertiary/aromatic N) is 2. The van der Waals surface area contributed by atoms with Crippen molar-refractivity contribution in [2.75, 3.05) is 7.11 Å². The topological polar surface area (TPSA) is 62.8 Å². The molecule has 0 saturated heterocycles. The number of carbonyl (C=O) groups is 1. The van der Waals surface area contributed by atoms with Crippen LogP contribution in [0.3, 0.4) is 0 Å². The number of methoxy groups -OCH3 is 1. The highest BCUT2D eigenvalue weighted by atomic mass is 79.9. The molecule has 0 atom stereocenters. The summed E-state index contributed by atoms with van der Waals surface area (Å²) >= 11 is 0. The van der Waals surface area contributed by atoms with Gasteiger partial charge in [0.2, 0.25) is 0 Å². The number of rotatable bonds is 4. The minimum absolute atomic E-state index is 0. The monoisotopic (exact) mass is 300 g/mol. The number of pyridine rings is 1. The molecule has 0 spiro atoms. The maximum Gasteiger partial charge on any atom is 0.330 e. The standard InChI is InChI=1S/C11H12N2O3.BrH/c1-16-11(14)5-4-10-3-2-7-13(9-10)8-6-12-15;/h2-7,9H,8H2,1H3;1H/b5-4+,12-6?;. The van der Waals surface area contributed by atoms with E-state index in [4.69, 9.17) is 5.21 Å². The Morgan fingerprint density at radius 2 is 2.41 bits per heavy atom. The molecular weight excluding hydrogens is 288 g/mol. The van der Waals surface area contributed by atoms with Crippen molar-refractivity contribution in [3.8, 4) is 0 Å². The molecule has 0 radical (unpaired) electrons. The molecule has 0 fully saturated rings. The lowest BCUT2D eigenvalue weighted by Gasteiger charge is -1.93. The van der Waals surface area contributed by atoms with Crippen LogP contribution < -0.4 is 21.5 Å². The molecule has 0 saturated carbocycles. The van der Waals surface area contributed by atoms with Gasteiger partial charge in [-0.1, -0.05) is 5.16 Å². The normalized spacial score (nSPS) is 10.4. The van der Waals surface area contributed by atoms with Crippen molar-refractivity contribution >= 4 is 18.3 Å². The van der Waals surface area contributed by atoms with E-state index in [1.165, 1.54) is 19.4 Å². The van der Waals surface area contributed by atoms with Crippen LogP contribution in [0.2, 0.25) is 0 Å². The van der Waals surface area contributed by atoms with Crippen LogP contribution in [0.15, 0.2) is 35.8 Å². The molecule has 92 valence electrons. The van der Waals surface area contributed by atoms with Gasteiger partial charge in [0.05, 0.1) is 7.11 Å². The lowest BCUT2D eigenvalue weighted by Crippen LogP contribution is -3.00. The van der Waals surface area contributed by atoms with Gasteiger partial charge in [-0.15, -0.1) is 0 Å². The van der Waals surface area contributed by atoms with Crippen LogP contribution in [0.4, 0.5) is 0 Å². The number of oxime groups is 1. The van der Waals surface area contributed by atoms with Gasteiger partial charge in [-0.3, -0.25) is 0 Å². The van der Waals surface area contributed by atoms with E-state index in [1.807, 2.05) is 29.1 Å². The minimum atomic E-state index is -0.396. The maximum absolute atomic E-state index is 10.9. The number of ether oxygens (including phenoxy) is 1. The van der Waals surface area contributed by atoms with Crippen molar-refractivity contribution in [3.63, 3.8) is 0 Å². The summed E-state index contributed by atoms with van der Waals surface area (Å²) in [6, 6.07) is 3.69. The molecule has 1 heterocycles. The Bertz CT molecular complexity index is 419. The second-order valence-corrected chi connectivity index (χ2v) is 2.99. The fourth-order valence-corrected chi connectivity index (χ4v) is 1.12. The van der Waals surface area contributed by atoms with Crippen LogP contribution in [-0.2, 0) is 16.1 Å². The highest BCUT2D eigenvalue weighted by molar-refractivity contribution is 5.86. The summed E-state index contributed by atoms with van der Waals surface area (Å²) in [5.41, 5.74) is 0.860. The van der Waals surface area contributed by atoms with Gasteiger partial charge in [0.15, 0.2) is 18.9 Å². The van der Waals surface area contributed by atoms with E-state index >= 15 is 0 Å². The molecule has 0 aliphatic rings. The molecule has 0 aliphatic heterocycles. The fourth-order valence-electron chi connectivity index (χ4n) is 1.12. The number of hydrogen-bond donors (Lipinski definition) is 1. The van der Waals surface area contributed by atoms with E-state index in [2.05, 4.69) is 9.89 Å². The third-order valence-electron chi connectivity index (χ3n) is 1.87. The van der Waals surface area contributed by atoms with E-state index in [0.29, 0.717) is 6.54 Å². The zero-order valence-corrected chi connectivity index (χ0v) is 10.9. The van der Waals surface area contributed by atoms with Crippen LogP contribution in [0.1, 0.15) is 5.56 Å².